The Labute approximate surface area is 81.7 Å². The molecule has 1 aromatic rings. The van der Waals surface area contributed by atoms with Gasteiger partial charge in [0.1, 0.15) is 10.3 Å². The minimum atomic E-state index is -2.73. The summed E-state index contributed by atoms with van der Waals surface area (Å²) in [4.78, 5) is 3.53. The Balaban J connectivity index is 3.29. The molecule has 1 aromatic heterocycles. The maximum atomic E-state index is 12.3. The van der Waals surface area contributed by atoms with Crippen LogP contribution < -0.4 is 5.73 Å². The molecule has 3 nitrogen and oxygen atoms in total. The summed E-state index contributed by atoms with van der Waals surface area (Å²) in [5.41, 5.74) is 5.03. The Morgan fingerprint density at radius 3 is 2.69 bits per heavy atom. The molecule has 0 saturated heterocycles. The molecule has 0 aliphatic carbocycles. The third-order valence-corrected chi connectivity index (χ3v) is 1.93. The van der Waals surface area contributed by atoms with Gasteiger partial charge in [0.25, 0.3) is 6.43 Å². The van der Waals surface area contributed by atoms with Gasteiger partial charge in [-0.25, -0.2) is 13.8 Å². The van der Waals surface area contributed by atoms with Crippen molar-refractivity contribution in [3.8, 4) is 0 Å². The van der Waals surface area contributed by atoms with Crippen LogP contribution in [0.3, 0.4) is 0 Å². The van der Waals surface area contributed by atoms with Gasteiger partial charge in [0.2, 0.25) is 0 Å². The molecule has 0 aromatic carbocycles. The van der Waals surface area contributed by atoms with Crippen LogP contribution in [-0.4, -0.2) is 10.1 Å². The molecule has 0 aliphatic rings. The first-order valence-electron chi connectivity index (χ1n) is 3.40. The number of alkyl halides is 2. The summed E-state index contributed by atoms with van der Waals surface area (Å²) >= 11 is 2.94. The number of anilines is 1. The van der Waals surface area contributed by atoms with Gasteiger partial charge in [-0.2, -0.15) is 0 Å². The first-order chi connectivity index (χ1) is 6.06. The zero-order chi connectivity index (χ0) is 10.0. The van der Waals surface area contributed by atoms with Gasteiger partial charge in [-0.15, -0.1) is 0 Å². The second kappa shape index (κ2) is 3.97. The van der Waals surface area contributed by atoms with E-state index in [9.17, 15) is 8.78 Å². The molecule has 1 rings (SSSR count). The Bertz CT molecular complexity index is 320. The molecule has 0 fully saturated rings. The topological polar surface area (TPSA) is 59.1 Å². The van der Waals surface area contributed by atoms with Crippen molar-refractivity contribution in [2.75, 3.05) is 5.73 Å². The molecule has 0 amide bonds. The van der Waals surface area contributed by atoms with Crippen LogP contribution in [0.15, 0.2) is 10.7 Å². The van der Waals surface area contributed by atoms with Gasteiger partial charge in [0, 0.05) is 11.3 Å². The van der Waals surface area contributed by atoms with E-state index in [-0.39, 0.29) is 15.9 Å². The lowest BCUT2D eigenvalue weighted by Gasteiger charge is -2.08. The zero-order valence-electron chi connectivity index (χ0n) is 6.47. The highest BCUT2D eigenvalue weighted by atomic mass is 79.9. The molecule has 0 aliphatic heterocycles. The average Bonchev–Trinajstić information content (AvgIpc) is 2.02. The van der Waals surface area contributed by atoms with Crippen LogP contribution in [0.5, 0.6) is 0 Å². The Morgan fingerprint density at radius 1 is 1.62 bits per heavy atom. The zero-order valence-corrected chi connectivity index (χ0v) is 8.05. The molecule has 3 N–H and O–H groups in total. The van der Waals surface area contributed by atoms with E-state index in [1.54, 1.807) is 0 Å². The van der Waals surface area contributed by atoms with Gasteiger partial charge >= 0.3 is 0 Å². The number of aliphatic hydroxyl groups is 1. The van der Waals surface area contributed by atoms with E-state index in [0.29, 0.717) is 0 Å². The molecular formula is C7H7BrF2N2O. The highest BCUT2D eigenvalue weighted by Gasteiger charge is 2.17. The fourth-order valence-electron chi connectivity index (χ4n) is 0.931. The lowest BCUT2D eigenvalue weighted by molar-refractivity contribution is 0.141. The average molecular weight is 253 g/mol. The van der Waals surface area contributed by atoms with Crippen molar-refractivity contribution in [1.82, 2.24) is 4.98 Å². The van der Waals surface area contributed by atoms with Crippen molar-refractivity contribution < 1.29 is 13.9 Å². The number of nitrogen functional groups attached to an aromatic ring is 1. The van der Waals surface area contributed by atoms with E-state index >= 15 is 0 Å². The molecule has 0 atom stereocenters. The maximum Gasteiger partial charge on any atom is 0.280 e. The van der Waals surface area contributed by atoms with Gasteiger partial charge in [0.05, 0.1) is 6.61 Å². The maximum absolute atomic E-state index is 12.3. The summed E-state index contributed by atoms with van der Waals surface area (Å²) in [5.74, 6) is 0. The van der Waals surface area contributed by atoms with E-state index in [0.717, 1.165) is 0 Å². The predicted molar refractivity (Wildman–Crippen MR) is 47.2 cm³/mol. The third-order valence-electron chi connectivity index (χ3n) is 1.52. The van der Waals surface area contributed by atoms with Crippen LogP contribution in [0, 0.1) is 0 Å². The summed E-state index contributed by atoms with van der Waals surface area (Å²) < 4.78 is 24.9. The first kappa shape index (κ1) is 10.3. The van der Waals surface area contributed by atoms with E-state index in [2.05, 4.69) is 20.9 Å². The summed E-state index contributed by atoms with van der Waals surface area (Å²) in [7, 11) is 0. The van der Waals surface area contributed by atoms with Crippen molar-refractivity contribution in [3.05, 3.63) is 21.9 Å². The number of rotatable bonds is 2. The molecule has 0 bridgehead atoms. The van der Waals surface area contributed by atoms with Crippen LogP contribution in [0.25, 0.3) is 0 Å². The van der Waals surface area contributed by atoms with Crippen molar-refractivity contribution in [3.63, 3.8) is 0 Å². The van der Waals surface area contributed by atoms with Crippen molar-refractivity contribution in [2.24, 2.45) is 0 Å². The number of nitrogens with two attached hydrogens (primary N) is 1. The second-order valence-corrected chi connectivity index (χ2v) is 3.17. The van der Waals surface area contributed by atoms with Crippen molar-refractivity contribution in [1.29, 1.82) is 0 Å². The molecule has 0 spiro atoms. The third kappa shape index (κ3) is 2.13. The highest BCUT2D eigenvalue weighted by molar-refractivity contribution is 9.10. The van der Waals surface area contributed by atoms with Gasteiger partial charge in [-0.1, -0.05) is 0 Å². The standard InChI is InChI=1S/C7H7BrF2N2O/c8-5-1-4(11)3(2-13)6(12-5)7(9)10/h1,7,13H,2H2,(H2,11,12). The normalized spacial score (nSPS) is 10.8. The molecule has 6 heteroatoms. The Morgan fingerprint density at radius 2 is 2.23 bits per heavy atom. The highest BCUT2D eigenvalue weighted by Crippen LogP contribution is 2.27. The van der Waals surface area contributed by atoms with Crippen LogP contribution in [-0.2, 0) is 6.61 Å². The van der Waals surface area contributed by atoms with E-state index < -0.39 is 18.7 Å². The molecule has 0 radical (unpaired) electrons. The van der Waals surface area contributed by atoms with Crippen molar-refractivity contribution in [2.45, 2.75) is 13.0 Å². The minimum Gasteiger partial charge on any atom is -0.398 e. The lowest BCUT2D eigenvalue weighted by atomic mass is 10.2. The molecule has 13 heavy (non-hydrogen) atoms. The number of aliphatic hydroxyl groups excluding tert-OH is 1. The molecular weight excluding hydrogens is 246 g/mol. The SMILES string of the molecule is Nc1cc(Br)nc(C(F)F)c1CO. The number of aromatic nitrogens is 1. The van der Waals surface area contributed by atoms with Gasteiger partial charge in [-0.3, -0.25) is 0 Å². The Hall–Kier alpha value is -0.750. The number of pyridine rings is 1. The molecule has 0 saturated carbocycles. The first-order valence-corrected chi connectivity index (χ1v) is 4.19. The summed E-state index contributed by atoms with van der Waals surface area (Å²) in [6.07, 6.45) is -2.73. The van der Waals surface area contributed by atoms with Gasteiger partial charge in [-0.05, 0) is 22.0 Å². The number of halogens is 3. The fraction of sp³-hybridized carbons (Fsp3) is 0.286. The fourth-order valence-corrected chi connectivity index (χ4v) is 1.37. The summed E-state index contributed by atoms with van der Waals surface area (Å²) in [5, 5.41) is 8.77. The van der Waals surface area contributed by atoms with E-state index in [1.165, 1.54) is 6.07 Å². The summed E-state index contributed by atoms with van der Waals surface area (Å²) in [6.45, 7) is -0.536. The van der Waals surface area contributed by atoms with Crippen LogP contribution in [0.2, 0.25) is 0 Å². The predicted octanol–water partition coefficient (Wildman–Crippen LogP) is 1.86. The van der Waals surface area contributed by atoms with Crippen LogP contribution >= 0.6 is 15.9 Å². The van der Waals surface area contributed by atoms with Crippen LogP contribution in [0.1, 0.15) is 17.7 Å². The number of hydrogen-bond donors (Lipinski definition) is 2. The smallest absolute Gasteiger partial charge is 0.280 e. The van der Waals surface area contributed by atoms with Crippen molar-refractivity contribution >= 4 is 21.6 Å². The summed E-state index contributed by atoms with van der Waals surface area (Å²) in [6, 6.07) is 1.37. The van der Waals surface area contributed by atoms with Gasteiger partial charge in [0.15, 0.2) is 0 Å². The Kier molecular flexibility index (Phi) is 3.16. The van der Waals surface area contributed by atoms with E-state index in [1.807, 2.05) is 0 Å². The number of nitrogens with zero attached hydrogens (tertiary/aromatic N) is 1. The van der Waals surface area contributed by atoms with Crippen LogP contribution in [0.4, 0.5) is 14.5 Å². The quantitative estimate of drug-likeness (QED) is 0.791. The van der Waals surface area contributed by atoms with E-state index in [4.69, 9.17) is 10.8 Å². The monoisotopic (exact) mass is 252 g/mol. The van der Waals surface area contributed by atoms with Gasteiger partial charge < -0.3 is 10.8 Å². The lowest BCUT2D eigenvalue weighted by Crippen LogP contribution is -2.04. The number of hydrogen-bond acceptors (Lipinski definition) is 3. The second-order valence-electron chi connectivity index (χ2n) is 2.36. The largest absolute Gasteiger partial charge is 0.398 e. The molecule has 72 valence electrons. The molecule has 0 unspecified atom stereocenters. The molecule has 1 heterocycles. The minimum absolute atomic E-state index is 0.0156.